The second-order valence-electron chi connectivity index (χ2n) is 9.93. The van der Waals surface area contributed by atoms with Crippen LogP contribution in [0, 0.1) is 6.92 Å². The van der Waals surface area contributed by atoms with Gasteiger partial charge in [-0.25, -0.2) is 8.42 Å². The number of halogens is 2. The predicted octanol–water partition coefficient (Wildman–Crippen LogP) is 5.46. The van der Waals surface area contributed by atoms with Gasteiger partial charge in [0.2, 0.25) is 11.8 Å². The molecule has 3 aromatic rings. The SMILES string of the molecule is COc1ccc(N(CC(=O)N(Cc2c(Cl)cccc2Cl)[C@@H](C)C(=O)NC(C)C)S(=O)(=O)c2ccc(C)cc2)cc1OC. The smallest absolute Gasteiger partial charge is 0.264 e. The van der Waals surface area contributed by atoms with Gasteiger partial charge in [-0.15, -0.1) is 0 Å². The van der Waals surface area contributed by atoms with E-state index in [1.54, 1.807) is 57.2 Å². The van der Waals surface area contributed by atoms with Crippen molar-refractivity contribution >= 4 is 50.7 Å². The highest BCUT2D eigenvalue weighted by Gasteiger charge is 2.33. The zero-order chi connectivity index (χ0) is 31.2. The van der Waals surface area contributed by atoms with Crippen molar-refractivity contribution in [3.63, 3.8) is 0 Å². The Hall–Kier alpha value is -3.47. The Labute approximate surface area is 257 Å². The molecule has 226 valence electrons. The number of amides is 2. The Balaban J connectivity index is 2.13. The fourth-order valence-electron chi connectivity index (χ4n) is 4.19. The number of hydrogen-bond acceptors (Lipinski definition) is 6. The molecule has 0 bridgehead atoms. The van der Waals surface area contributed by atoms with E-state index in [9.17, 15) is 18.0 Å². The number of nitrogens with one attached hydrogen (secondary N) is 1. The fraction of sp³-hybridized carbons (Fsp3) is 0.333. The van der Waals surface area contributed by atoms with Crippen LogP contribution in [0.15, 0.2) is 65.6 Å². The molecule has 12 heteroatoms. The highest BCUT2D eigenvalue weighted by Crippen LogP contribution is 2.34. The Morgan fingerprint density at radius 1 is 0.905 bits per heavy atom. The first-order valence-electron chi connectivity index (χ1n) is 13.1. The quantitative estimate of drug-likeness (QED) is 0.283. The lowest BCUT2D eigenvalue weighted by molar-refractivity contribution is -0.139. The van der Waals surface area contributed by atoms with Gasteiger partial charge in [0.1, 0.15) is 12.6 Å². The lowest BCUT2D eigenvalue weighted by atomic mass is 10.1. The summed E-state index contributed by atoms with van der Waals surface area (Å²) in [6.07, 6.45) is 0. The number of aryl methyl sites for hydroxylation is 1. The minimum Gasteiger partial charge on any atom is -0.493 e. The maximum Gasteiger partial charge on any atom is 0.264 e. The summed E-state index contributed by atoms with van der Waals surface area (Å²) in [6, 6.07) is 14.6. The van der Waals surface area contributed by atoms with Gasteiger partial charge in [0.25, 0.3) is 10.0 Å². The minimum absolute atomic E-state index is 0.0121. The van der Waals surface area contributed by atoms with Gasteiger partial charge in [-0.2, -0.15) is 0 Å². The highest BCUT2D eigenvalue weighted by atomic mass is 35.5. The van der Waals surface area contributed by atoms with E-state index in [2.05, 4.69) is 5.32 Å². The molecular formula is C30H35Cl2N3O6S. The van der Waals surface area contributed by atoms with Crippen LogP contribution in [-0.2, 0) is 26.2 Å². The number of sulfonamides is 1. The van der Waals surface area contributed by atoms with Crippen LogP contribution in [0.2, 0.25) is 10.0 Å². The normalized spacial score (nSPS) is 12.0. The standard InChI is InChI=1S/C30H35Cl2N3O6S/c1-19(2)33-30(37)21(4)34(17-24-25(31)8-7-9-26(24)32)29(36)18-35(22-12-15-27(40-5)28(16-22)41-6)42(38,39)23-13-10-20(3)11-14-23/h7-16,19,21H,17-18H2,1-6H3,(H,33,37)/t21-/m0/s1. The van der Waals surface area contributed by atoms with Crippen molar-refractivity contribution in [2.24, 2.45) is 0 Å². The lowest BCUT2D eigenvalue weighted by Gasteiger charge is -2.32. The lowest BCUT2D eigenvalue weighted by Crippen LogP contribution is -2.52. The fourth-order valence-corrected chi connectivity index (χ4v) is 6.11. The van der Waals surface area contributed by atoms with Gasteiger partial charge in [-0.1, -0.05) is 47.0 Å². The van der Waals surface area contributed by atoms with E-state index in [-0.39, 0.29) is 28.9 Å². The molecule has 9 nitrogen and oxygen atoms in total. The van der Waals surface area contributed by atoms with Crippen LogP contribution in [0.3, 0.4) is 0 Å². The zero-order valence-corrected chi connectivity index (χ0v) is 26.7. The monoisotopic (exact) mass is 635 g/mol. The first kappa shape index (κ1) is 33.0. The Morgan fingerprint density at radius 3 is 2.05 bits per heavy atom. The van der Waals surface area contributed by atoms with Gasteiger partial charge in [0.15, 0.2) is 11.5 Å². The van der Waals surface area contributed by atoms with Gasteiger partial charge in [0.05, 0.1) is 24.8 Å². The Bertz CT molecular complexity index is 1510. The Kier molecular flexibility index (Phi) is 11.1. The topological polar surface area (TPSA) is 105 Å². The van der Waals surface area contributed by atoms with Crippen LogP contribution in [0.4, 0.5) is 5.69 Å². The van der Waals surface area contributed by atoms with Gasteiger partial charge in [0, 0.05) is 34.3 Å². The molecule has 0 aliphatic heterocycles. The molecule has 0 unspecified atom stereocenters. The third-order valence-electron chi connectivity index (χ3n) is 6.53. The number of benzene rings is 3. The number of carbonyl (C=O) groups is 2. The number of anilines is 1. The van der Waals surface area contributed by atoms with E-state index in [0.717, 1.165) is 9.87 Å². The number of nitrogens with zero attached hydrogens (tertiary/aromatic N) is 2. The maximum absolute atomic E-state index is 14.1. The predicted molar refractivity (Wildman–Crippen MR) is 165 cm³/mol. The van der Waals surface area contributed by atoms with Gasteiger partial charge in [-0.05, 0) is 64.1 Å². The van der Waals surface area contributed by atoms with Crippen molar-refractivity contribution < 1.29 is 27.5 Å². The van der Waals surface area contributed by atoms with Crippen molar-refractivity contribution in [2.75, 3.05) is 25.1 Å². The second kappa shape index (κ2) is 14.1. The Morgan fingerprint density at radius 2 is 1.50 bits per heavy atom. The van der Waals surface area contributed by atoms with Crippen molar-refractivity contribution in [1.29, 1.82) is 0 Å². The van der Waals surface area contributed by atoms with Crippen molar-refractivity contribution in [1.82, 2.24) is 10.2 Å². The van der Waals surface area contributed by atoms with Crippen LogP contribution in [0.25, 0.3) is 0 Å². The van der Waals surface area contributed by atoms with Crippen LogP contribution in [0.5, 0.6) is 11.5 Å². The molecule has 3 rings (SSSR count). The number of rotatable bonds is 12. The molecule has 3 aromatic carbocycles. The zero-order valence-electron chi connectivity index (χ0n) is 24.4. The molecule has 1 N–H and O–H groups in total. The largest absolute Gasteiger partial charge is 0.493 e. The molecular weight excluding hydrogens is 601 g/mol. The van der Waals surface area contributed by atoms with Gasteiger partial charge < -0.3 is 19.7 Å². The van der Waals surface area contributed by atoms with Crippen molar-refractivity contribution in [2.45, 2.75) is 51.2 Å². The molecule has 1 atom stereocenters. The molecule has 0 saturated carbocycles. The summed E-state index contributed by atoms with van der Waals surface area (Å²) in [6.45, 7) is 6.24. The second-order valence-corrected chi connectivity index (χ2v) is 12.6. The van der Waals surface area contributed by atoms with E-state index < -0.39 is 34.4 Å². The maximum atomic E-state index is 14.1. The van der Waals surface area contributed by atoms with Crippen LogP contribution < -0.4 is 19.1 Å². The number of carbonyl (C=O) groups excluding carboxylic acids is 2. The summed E-state index contributed by atoms with van der Waals surface area (Å²) in [5.74, 6) is -0.409. The number of methoxy groups -OCH3 is 2. The van der Waals surface area contributed by atoms with Gasteiger partial charge >= 0.3 is 0 Å². The summed E-state index contributed by atoms with van der Waals surface area (Å²) in [4.78, 5) is 28.4. The molecule has 0 aliphatic carbocycles. The summed E-state index contributed by atoms with van der Waals surface area (Å²) in [5, 5.41) is 3.42. The van der Waals surface area contributed by atoms with E-state index in [1.165, 1.54) is 43.4 Å². The molecule has 0 aliphatic rings. The first-order valence-corrected chi connectivity index (χ1v) is 15.3. The summed E-state index contributed by atoms with van der Waals surface area (Å²) < 4.78 is 39.8. The molecule has 42 heavy (non-hydrogen) atoms. The molecule has 0 fully saturated rings. The first-order chi connectivity index (χ1) is 19.8. The van der Waals surface area contributed by atoms with Crippen LogP contribution in [0.1, 0.15) is 31.9 Å². The van der Waals surface area contributed by atoms with Crippen molar-refractivity contribution in [3.05, 3.63) is 81.8 Å². The molecule has 0 radical (unpaired) electrons. The number of ether oxygens (including phenoxy) is 2. The average molecular weight is 637 g/mol. The highest BCUT2D eigenvalue weighted by molar-refractivity contribution is 7.92. The molecule has 0 heterocycles. The molecule has 0 spiro atoms. The van der Waals surface area contributed by atoms with E-state index in [4.69, 9.17) is 32.7 Å². The molecule has 0 aromatic heterocycles. The van der Waals surface area contributed by atoms with E-state index >= 15 is 0 Å². The average Bonchev–Trinajstić information content (AvgIpc) is 2.94. The molecule has 0 saturated heterocycles. The van der Waals surface area contributed by atoms with Gasteiger partial charge in [-0.3, -0.25) is 13.9 Å². The third kappa shape index (κ3) is 7.67. The van der Waals surface area contributed by atoms with Crippen LogP contribution >= 0.6 is 23.2 Å². The summed E-state index contributed by atoms with van der Waals surface area (Å²) in [5.41, 5.74) is 1.46. The summed E-state index contributed by atoms with van der Waals surface area (Å²) in [7, 11) is -1.37. The third-order valence-corrected chi connectivity index (χ3v) is 9.03. The summed E-state index contributed by atoms with van der Waals surface area (Å²) >= 11 is 12.8. The van der Waals surface area contributed by atoms with Crippen LogP contribution in [-0.4, -0.2) is 58.0 Å². The van der Waals surface area contributed by atoms with E-state index in [0.29, 0.717) is 21.4 Å². The molecule has 2 amide bonds. The van der Waals surface area contributed by atoms with Crippen molar-refractivity contribution in [3.8, 4) is 11.5 Å². The number of hydrogen-bond donors (Lipinski definition) is 1. The minimum atomic E-state index is -4.26. The van der Waals surface area contributed by atoms with E-state index in [1.807, 2.05) is 6.92 Å².